The number of aryl methyl sites for hydroxylation is 1. The Kier molecular flexibility index (Phi) is 5.63. The Balaban J connectivity index is 1.73. The lowest BCUT2D eigenvalue weighted by molar-refractivity contribution is -0.135. The van der Waals surface area contributed by atoms with Crippen LogP contribution in [0.15, 0.2) is 12.5 Å². The standard InChI is InChI=1S/C18H26N4O3/c1-13-15(10-19-12-20-13)18(24)21-7-6-16-14(11-21)4-3-5-17(23)22(16)8-9-25-2/h10,12,14,16H,3-9,11H2,1-2H3/t14-,16+/m0/s1. The van der Waals surface area contributed by atoms with E-state index in [9.17, 15) is 9.59 Å². The van der Waals surface area contributed by atoms with Gasteiger partial charge in [-0.15, -0.1) is 0 Å². The highest BCUT2D eigenvalue weighted by Gasteiger charge is 2.38. The van der Waals surface area contributed by atoms with Crippen molar-refractivity contribution in [3.63, 3.8) is 0 Å². The van der Waals surface area contributed by atoms with E-state index in [1.807, 2.05) is 16.7 Å². The van der Waals surface area contributed by atoms with Crippen LogP contribution in [0, 0.1) is 12.8 Å². The number of carbonyl (C=O) groups is 2. The zero-order valence-corrected chi connectivity index (χ0v) is 15.0. The van der Waals surface area contributed by atoms with Crippen molar-refractivity contribution in [1.29, 1.82) is 0 Å². The molecule has 0 bridgehead atoms. The average Bonchev–Trinajstić information content (AvgIpc) is 2.77. The zero-order valence-electron chi connectivity index (χ0n) is 15.0. The van der Waals surface area contributed by atoms with E-state index in [0.29, 0.717) is 49.8 Å². The molecular weight excluding hydrogens is 320 g/mol. The maximum atomic E-state index is 12.8. The van der Waals surface area contributed by atoms with Crippen molar-refractivity contribution in [3.05, 3.63) is 23.8 Å². The van der Waals surface area contributed by atoms with Crippen LogP contribution in [0.25, 0.3) is 0 Å². The van der Waals surface area contributed by atoms with Gasteiger partial charge in [-0.05, 0) is 32.1 Å². The number of amides is 2. The van der Waals surface area contributed by atoms with Crippen molar-refractivity contribution in [2.24, 2.45) is 5.92 Å². The largest absolute Gasteiger partial charge is 0.383 e. The van der Waals surface area contributed by atoms with Gasteiger partial charge in [0.05, 0.1) is 17.9 Å². The van der Waals surface area contributed by atoms with Crippen molar-refractivity contribution in [3.8, 4) is 0 Å². The molecule has 2 saturated heterocycles. The highest BCUT2D eigenvalue weighted by molar-refractivity contribution is 5.95. The number of rotatable bonds is 4. The third-order valence-electron chi connectivity index (χ3n) is 5.35. The summed E-state index contributed by atoms with van der Waals surface area (Å²) in [5.74, 6) is 0.540. The van der Waals surface area contributed by atoms with Gasteiger partial charge < -0.3 is 14.5 Å². The second kappa shape index (κ2) is 7.91. The van der Waals surface area contributed by atoms with E-state index in [-0.39, 0.29) is 17.9 Å². The van der Waals surface area contributed by atoms with Crippen molar-refractivity contribution in [2.45, 2.75) is 38.6 Å². The number of hydrogen-bond acceptors (Lipinski definition) is 5. The number of methoxy groups -OCH3 is 1. The molecule has 25 heavy (non-hydrogen) atoms. The summed E-state index contributed by atoms with van der Waals surface area (Å²) in [5.41, 5.74) is 1.28. The van der Waals surface area contributed by atoms with Crippen molar-refractivity contribution >= 4 is 11.8 Å². The Hall–Kier alpha value is -2.02. The van der Waals surface area contributed by atoms with Crippen LogP contribution in [-0.2, 0) is 9.53 Å². The second-order valence-electron chi connectivity index (χ2n) is 6.86. The fraction of sp³-hybridized carbons (Fsp3) is 0.667. The minimum atomic E-state index is -0.00411. The molecule has 1 aromatic heterocycles. The minimum Gasteiger partial charge on any atom is -0.383 e. The molecule has 0 spiro atoms. The van der Waals surface area contributed by atoms with Gasteiger partial charge in [-0.2, -0.15) is 0 Å². The van der Waals surface area contributed by atoms with Crippen molar-refractivity contribution in [2.75, 3.05) is 33.4 Å². The number of ether oxygens (including phenoxy) is 1. The minimum absolute atomic E-state index is 0.00411. The van der Waals surface area contributed by atoms with Crippen LogP contribution in [-0.4, -0.2) is 71.0 Å². The molecule has 0 aromatic carbocycles. The molecule has 1 aromatic rings. The lowest BCUT2D eigenvalue weighted by Crippen LogP contribution is -2.53. The highest BCUT2D eigenvalue weighted by atomic mass is 16.5. The van der Waals surface area contributed by atoms with Gasteiger partial charge in [0, 0.05) is 45.4 Å². The van der Waals surface area contributed by atoms with Gasteiger partial charge in [-0.25, -0.2) is 9.97 Å². The molecule has 2 atom stereocenters. The Labute approximate surface area is 148 Å². The molecule has 0 aliphatic carbocycles. The molecule has 136 valence electrons. The summed E-state index contributed by atoms with van der Waals surface area (Å²) < 4.78 is 5.17. The average molecular weight is 346 g/mol. The van der Waals surface area contributed by atoms with Crippen LogP contribution in [0.5, 0.6) is 0 Å². The van der Waals surface area contributed by atoms with Crippen LogP contribution in [0.3, 0.4) is 0 Å². The number of nitrogens with zero attached hydrogens (tertiary/aromatic N) is 4. The molecule has 2 aliphatic rings. The summed E-state index contributed by atoms with van der Waals surface area (Å²) >= 11 is 0. The molecule has 2 aliphatic heterocycles. The topological polar surface area (TPSA) is 75.6 Å². The van der Waals surface area contributed by atoms with E-state index in [1.54, 1.807) is 13.3 Å². The number of aromatic nitrogens is 2. The molecule has 7 heteroatoms. The zero-order chi connectivity index (χ0) is 17.8. The van der Waals surface area contributed by atoms with Crippen LogP contribution in [0.2, 0.25) is 0 Å². The molecule has 3 rings (SSSR count). The normalized spacial score (nSPS) is 24.0. The third kappa shape index (κ3) is 3.81. The Morgan fingerprint density at radius 1 is 1.40 bits per heavy atom. The molecule has 2 fully saturated rings. The first-order valence-corrected chi connectivity index (χ1v) is 8.96. The molecule has 0 N–H and O–H groups in total. The summed E-state index contributed by atoms with van der Waals surface area (Å²) in [7, 11) is 1.66. The van der Waals surface area contributed by atoms with E-state index in [1.165, 1.54) is 6.33 Å². The number of hydrogen-bond donors (Lipinski definition) is 0. The molecule has 7 nitrogen and oxygen atoms in total. The van der Waals surface area contributed by atoms with E-state index in [2.05, 4.69) is 9.97 Å². The monoisotopic (exact) mass is 346 g/mol. The molecule has 3 heterocycles. The van der Waals surface area contributed by atoms with Gasteiger partial charge in [-0.3, -0.25) is 9.59 Å². The summed E-state index contributed by atoms with van der Waals surface area (Å²) in [4.78, 5) is 37.3. The fourth-order valence-corrected chi connectivity index (χ4v) is 3.99. The lowest BCUT2D eigenvalue weighted by Gasteiger charge is -2.42. The van der Waals surface area contributed by atoms with Gasteiger partial charge in [0.25, 0.3) is 5.91 Å². The molecule has 0 radical (unpaired) electrons. The first kappa shape index (κ1) is 17.8. The summed E-state index contributed by atoms with van der Waals surface area (Å²) in [5, 5.41) is 0. The number of likely N-dealkylation sites (tertiary alicyclic amines) is 2. The van der Waals surface area contributed by atoms with Gasteiger partial charge in [0.2, 0.25) is 5.91 Å². The molecule has 2 amide bonds. The Morgan fingerprint density at radius 2 is 2.24 bits per heavy atom. The summed E-state index contributed by atoms with van der Waals surface area (Å²) in [6, 6.07) is 0.210. The van der Waals surface area contributed by atoms with Crippen LogP contribution in [0.1, 0.15) is 41.7 Å². The predicted octanol–water partition coefficient (Wildman–Crippen LogP) is 1.27. The van der Waals surface area contributed by atoms with E-state index < -0.39 is 0 Å². The Morgan fingerprint density at radius 3 is 3.00 bits per heavy atom. The van der Waals surface area contributed by atoms with E-state index >= 15 is 0 Å². The molecular formula is C18H26N4O3. The molecule has 0 unspecified atom stereocenters. The maximum absolute atomic E-state index is 12.8. The fourth-order valence-electron chi connectivity index (χ4n) is 3.99. The van der Waals surface area contributed by atoms with Gasteiger partial charge in [0.1, 0.15) is 6.33 Å². The highest BCUT2D eigenvalue weighted by Crippen LogP contribution is 2.31. The van der Waals surface area contributed by atoms with Crippen LogP contribution >= 0.6 is 0 Å². The van der Waals surface area contributed by atoms with E-state index in [4.69, 9.17) is 4.74 Å². The first-order chi connectivity index (χ1) is 12.1. The van der Waals surface area contributed by atoms with Gasteiger partial charge in [-0.1, -0.05) is 0 Å². The predicted molar refractivity (Wildman–Crippen MR) is 92.0 cm³/mol. The van der Waals surface area contributed by atoms with E-state index in [0.717, 1.165) is 19.3 Å². The SMILES string of the molecule is COCCN1C(=O)CCC[C@H]2CN(C(=O)c3cncnc3C)CC[C@H]21. The number of fused-ring (bicyclic) bond motifs is 1. The quantitative estimate of drug-likeness (QED) is 0.821. The first-order valence-electron chi connectivity index (χ1n) is 8.96. The van der Waals surface area contributed by atoms with Crippen LogP contribution in [0.4, 0.5) is 0 Å². The number of carbonyl (C=O) groups excluding carboxylic acids is 2. The maximum Gasteiger partial charge on any atom is 0.257 e. The van der Waals surface area contributed by atoms with Crippen LogP contribution < -0.4 is 0 Å². The second-order valence-corrected chi connectivity index (χ2v) is 6.86. The van der Waals surface area contributed by atoms with Crippen molar-refractivity contribution < 1.29 is 14.3 Å². The third-order valence-corrected chi connectivity index (χ3v) is 5.35. The van der Waals surface area contributed by atoms with Gasteiger partial charge in [0.15, 0.2) is 0 Å². The summed E-state index contributed by atoms with van der Waals surface area (Å²) in [6.45, 7) is 4.37. The smallest absolute Gasteiger partial charge is 0.257 e. The van der Waals surface area contributed by atoms with Gasteiger partial charge >= 0.3 is 0 Å². The Bertz CT molecular complexity index is 637. The van der Waals surface area contributed by atoms with Crippen molar-refractivity contribution in [1.82, 2.24) is 19.8 Å². The lowest BCUT2D eigenvalue weighted by atomic mass is 9.88. The molecule has 0 saturated carbocycles. The number of piperidine rings is 1. The summed E-state index contributed by atoms with van der Waals surface area (Å²) in [6.07, 6.45) is 6.34.